The Labute approximate surface area is 123 Å². The van der Waals surface area contributed by atoms with Gasteiger partial charge in [-0.1, -0.05) is 18.2 Å². The average Bonchev–Trinajstić information content (AvgIpc) is 2.45. The molecule has 0 aliphatic carbocycles. The van der Waals surface area contributed by atoms with Crippen molar-refractivity contribution in [1.82, 2.24) is 5.32 Å². The summed E-state index contributed by atoms with van der Waals surface area (Å²) < 4.78 is 32.7. The summed E-state index contributed by atoms with van der Waals surface area (Å²) in [5.41, 5.74) is 2.24. The average molecular weight is 291 g/mol. The summed E-state index contributed by atoms with van der Waals surface area (Å²) in [6, 6.07) is 9.74. The molecule has 2 aromatic carbocycles. The molecule has 0 spiro atoms. The van der Waals surface area contributed by atoms with Gasteiger partial charge in [0.05, 0.1) is 7.11 Å². The van der Waals surface area contributed by atoms with Gasteiger partial charge in [-0.25, -0.2) is 8.78 Å². The lowest BCUT2D eigenvalue weighted by Gasteiger charge is -2.18. The van der Waals surface area contributed by atoms with Gasteiger partial charge < -0.3 is 10.1 Å². The maximum absolute atomic E-state index is 14.1. The van der Waals surface area contributed by atoms with Gasteiger partial charge in [0.15, 0.2) is 11.6 Å². The van der Waals surface area contributed by atoms with Crippen LogP contribution < -0.4 is 10.1 Å². The smallest absolute Gasteiger partial charge is 0.165 e. The lowest BCUT2D eigenvalue weighted by Crippen LogP contribution is -2.20. The summed E-state index contributed by atoms with van der Waals surface area (Å²) >= 11 is 0. The van der Waals surface area contributed by atoms with E-state index in [0.29, 0.717) is 12.0 Å². The molecule has 0 bridgehead atoms. The van der Waals surface area contributed by atoms with Gasteiger partial charge in [0.25, 0.3) is 0 Å². The van der Waals surface area contributed by atoms with Crippen molar-refractivity contribution < 1.29 is 13.5 Å². The van der Waals surface area contributed by atoms with Crippen LogP contribution in [0, 0.1) is 18.6 Å². The van der Waals surface area contributed by atoms with Crippen LogP contribution in [0.3, 0.4) is 0 Å². The predicted octanol–water partition coefficient (Wildman–Crippen LogP) is 3.79. The summed E-state index contributed by atoms with van der Waals surface area (Å²) in [5, 5.41) is 3.08. The van der Waals surface area contributed by atoms with Crippen molar-refractivity contribution in [3.8, 4) is 5.75 Å². The molecule has 2 aromatic rings. The third-order valence-electron chi connectivity index (χ3n) is 3.54. The molecule has 0 amide bonds. The monoisotopic (exact) mass is 291 g/mol. The van der Waals surface area contributed by atoms with Gasteiger partial charge in [-0.2, -0.15) is 0 Å². The first-order chi connectivity index (χ1) is 10.0. The molecule has 4 heteroatoms. The van der Waals surface area contributed by atoms with Crippen molar-refractivity contribution in [3.05, 3.63) is 64.7 Å². The molecular weight excluding hydrogens is 272 g/mol. The molecule has 1 N–H and O–H groups in total. The molecule has 0 fully saturated rings. The Morgan fingerprint density at radius 3 is 2.43 bits per heavy atom. The molecule has 0 radical (unpaired) electrons. The highest BCUT2D eigenvalue weighted by Crippen LogP contribution is 2.24. The highest BCUT2D eigenvalue weighted by atomic mass is 19.1. The molecule has 0 saturated carbocycles. The Bertz CT molecular complexity index is 628. The summed E-state index contributed by atoms with van der Waals surface area (Å²) in [6.45, 7) is 1.85. The van der Waals surface area contributed by atoms with Crippen LogP contribution in [0.25, 0.3) is 0 Å². The lowest BCUT2D eigenvalue weighted by molar-refractivity contribution is 0.386. The number of nitrogens with one attached hydrogen (secondary N) is 1. The van der Waals surface area contributed by atoms with Crippen LogP contribution in [0.5, 0.6) is 5.75 Å². The molecule has 0 aromatic heterocycles. The van der Waals surface area contributed by atoms with Crippen molar-refractivity contribution in [2.75, 3.05) is 14.2 Å². The van der Waals surface area contributed by atoms with E-state index in [1.807, 2.05) is 13.0 Å². The second-order valence-electron chi connectivity index (χ2n) is 5.04. The highest BCUT2D eigenvalue weighted by Gasteiger charge is 2.15. The zero-order valence-corrected chi connectivity index (χ0v) is 12.4. The number of ether oxygens (including phenoxy) is 1. The largest absolute Gasteiger partial charge is 0.494 e. The molecule has 0 aliphatic heterocycles. The molecule has 0 aliphatic rings. The minimum absolute atomic E-state index is 0.210. The number of aryl methyl sites for hydroxylation is 1. The number of hydrogen-bond acceptors (Lipinski definition) is 2. The molecule has 112 valence electrons. The van der Waals surface area contributed by atoms with Crippen molar-refractivity contribution in [3.63, 3.8) is 0 Å². The first-order valence-electron chi connectivity index (χ1n) is 6.81. The van der Waals surface area contributed by atoms with Crippen molar-refractivity contribution in [1.29, 1.82) is 0 Å². The molecule has 0 saturated heterocycles. The first kappa shape index (κ1) is 15.4. The van der Waals surface area contributed by atoms with E-state index in [1.54, 1.807) is 25.2 Å². The Kier molecular flexibility index (Phi) is 4.91. The summed E-state index contributed by atoms with van der Waals surface area (Å²) in [6.07, 6.45) is 0.497. The normalized spacial score (nSPS) is 12.2. The minimum atomic E-state index is -0.408. The molecule has 2 rings (SSSR count). The van der Waals surface area contributed by atoms with Gasteiger partial charge in [0, 0.05) is 11.6 Å². The maximum Gasteiger partial charge on any atom is 0.165 e. The molecule has 1 unspecified atom stereocenters. The van der Waals surface area contributed by atoms with E-state index in [1.165, 1.54) is 19.2 Å². The Morgan fingerprint density at radius 1 is 1.10 bits per heavy atom. The topological polar surface area (TPSA) is 21.3 Å². The summed E-state index contributed by atoms with van der Waals surface area (Å²) in [4.78, 5) is 0. The van der Waals surface area contributed by atoms with E-state index in [0.717, 1.165) is 11.1 Å². The fourth-order valence-corrected chi connectivity index (χ4v) is 2.35. The van der Waals surface area contributed by atoms with Crippen LogP contribution in [0.2, 0.25) is 0 Å². The second kappa shape index (κ2) is 6.68. The Balaban J connectivity index is 2.24. The van der Waals surface area contributed by atoms with Gasteiger partial charge in [0.1, 0.15) is 5.82 Å². The van der Waals surface area contributed by atoms with E-state index in [9.17, 15) is 8.78 Å². The van der Waals surface area contributed by atoms with Crippen LogP contribution in [0.4, 0.5) is 8.78 Å². The SMILES string of the molecule is CNC(Cc1ccc(OC)c(F)c1)c1ccc(C)cc1F. The molecule has 0 heterocycles. The molecule has 21 heavy (non-hydrogen) atoms. The predicted molar refractivity (Wildman–Crippen MR) is 79.6 cm³/mol. The third-order valence-corrected chi connectivity index (χ3v) is 3.54. The van der Waals surface area contributed by atoms with Gasteiger partial charge in [-0.3, -0.25) is 0 Å². The van der Waals surface area contributed by atoms with E-state index >= 15 is 0 Å². The fourth-order valence-electron chi connectivity index (χ4n) is 2.35. The minimum Gasteiger partial charge on any atom is -0.494 e. The zero-order valence-electron chi connectivity index (χ0n) is 12.4. The van der Waals surface area contributed by atoms with Crippen LogP contribution in [0.1, 0.15) is 22.7 Å². The Hall–Kier alpha value is -1.94. The number of benzene rings is 2. The number of rotatable bonds is 5. The van der Waals surface area contributed by atoms with Gasteiger partial charge in [-0.15, -0.1) is 0 Å². The van der Waals surface area contributed by atoms with E-state index in [4.69, 9.17) is 4.74 Å². The van der Waals surface area contributed by atoms with Crippen LogP contribution in [-0.2, 0) is 6.42 Å². The van der Waals surface area contributed by atoms with Crippen LogP contribution in [-0.4, -0.2) is 14.2 Å². The number of likely N-dealkylation sites (N-methyl/N-ethyl adjacent to an activating group) is 1. The number of hydrogen-bond donors (Lipinski definition) is 1. The fraction of sp³-hybridized carbons (Fsp3) is 0.294. The molecule has 1 atom stereocenters. The van der Waals surface area contributed by atoms with Crippen LogP contribution >= 0.6 is 0 Å². The quantitative estimate of drug-likeness (QED) is 0.905. The molecule has 2 nitrogen and oxygen atoms in total. The van der Waals surface area contributed by atoms with Crippen molar-refractivity contribution >= 4 is 0 Å². The zero-order chi connectivity index (χ0) is 15.4. The van der Waals surface area contributed by atoms with Crippen LogP contribution in [0.15, 0.2) is 36.4 Å². The van der Waals surface area contributed by atoms with Gasteiger partial charge >= 0.3 is 0 Å². The van der Waals surface area contributed by atoms with Crippen molar-refractivity contribution in [2.24, 2.45) is 0 Å². The van der Waals surface area contributed by atoms with Gasteiger partial charge in [0.2, 0.25) is 0 Å². The lowest BCUT2D eigenvalue weighted by atomic mass is 9.97. The number of halogens is 2. The highest BCUT2D eigenvalue weighted by molar-refractivity contribution is 5.32. The standard InChI is InChI=1S/C17H19F2NO/c1-11-4-6-13(14(18)8-11)16(20-2)10-12-5-7-17(21-3)15(19)9-12/h4-9,16,20H,10H2,1-3H3. The first-order valence-corrected chi connectivity index (χ1v) is 6.81. The molecular formula is C17H19F2NO. The van der Waals surface area contributed by atoms with E-state index in [-0.39, 0.29) is 17.6 Å². The van der Waals surface area contributed by atoms with Gasteiger partial charge in [-0.05, 0) is 49.7 Å². The number of methoxy groups -OCH3 is 1. The van der Waals surface area contributed by atoms with E-state index in [2.05, 4.69) is 5.32 Å². The third kappa shape index (κ3) is 3.58. The summed E-state index contributed by atoms with van der Waals surface area (Å²) in [5.74, 6) is -0.446. The second-order valence-corrected chi connectivity index (χ2v) is 5.04. The van der Waals surface area contributed by atoms with Crippen molar-refractivity contribution in [2.45, 2.75) is 19.4 Å². The van der Waals surface area contributed by atoms with E-state index < -0.39 is 5.82 Å². The Morgan fingerprint density at radius 2 is 1.86 bits per heavy atom. The summed E-state index contributed by atoms with van der Waals surface area (Å²) in [7, 11) is 3.19. The maximum atomic E-state index is 14.1.